The van der Waals surface area contributed by atoms with Crippen LogP contribution in [0.2, 0.25) is 0 Å². The average Bonchev–Trinajstić information content (AvgIpc) is 2.92. The van der Waals surface area contributed by atoms with Gasteiger partial charge in [-0.3, -0.25) is 14.9 Å². The molecule has 1 aliphatic carbocycles. The Morgan fingerprint density at radius 2 is 1.71 bits per heavy atom. The van der Waals surface area contributed by atoms with Crippen molar-refractivity contribution < 1.29 is 4.92 Å². The van der Waals surface area contributed by atoms with Gasteiger partial charge >= 0.3 is 0 Å². The van der Waals surface area contributed by atoms with Crippen molar-refractivity contribution in [1.29, 1.82) is 0 Å². The van der Waals surface area contributed by atoms with Gasteiger partial charge in [0.15, 0.2) is 5.43 Å². The van der Waals surface area contributed by atoms with Gasteiger partial charge in [-0.05, 0) is 48.6 Å². The number of benzene rings is 2. The van der Waals surface area contributed by atoms with Crippen LogP contribution in [0.1, 0.15) is 17.5 Å². The number of non-ortho nitro benzene ring substituents is 1. The molecule has 0 aliphatic heterocycles. The fourth-order valence-corrected chi connectivity index (χ4v) is 3.15. The zero-order valence-electron chi connectivity index (χ0n) is 11.2. The fourth-order valence-electron chi connectivity index (χ4n) is 3.15. The molecule has 0 saturated carbocycles. The van der Waals surface area contributed by atoms with Crippen molar-refractivity contribution in [1.82, 2.24) is 4.98 Å². The van der Waals surface area contributed by atoms with Crippen LogP contribution < -0.4 is 5.43 Å². The summed E-state index contributed by atoms with van der Waals surface area (Å²) in [5.41, 5.74) is 3.70. The van der Waals surface area contributed by atoms with E-state index in [9.17, 15) is 14.9 Å². The lowest BCUT2D eigenvalue weighted by atomic mass is 10.0. The summed E-state index contributed by atoms with van der Waals surface area (Å²) in [6.07, 6.45) is 3.16. The zero-order valence-corrected chi connectivity index (χ0v) is 11.2. The molecule has 21 heavy (non-hydrogen) atoms. The van der Waals surface area contributed by atoms with Gasteiger partial charge in [-0.25, -0.2) is 0 Å². The zero-order chi connectivity index (χ0) is 14.6. The Labute approximate surface area is 119 Å². The van der Waals surface area contributed by atoms with E-state index in [1.165, 1.54) is 29.3 Å². The lowest BCUT2D eigenvalue weighted by Gasteiger charge is -2.06. The van der Waals surface area contributed by atoms with Gasteiger partial charge in [-0.15, -0.1) is 0 Å². The Hall–Kier alpha value is -2.69. The predicted molar refractivity (Wildman–Crippen MR) is 80.8 cm³/mol. The van der Waals surface area contributed by atoms with Crippen LogP contribution in [0.3, 0.4) is 0 Å². The maximum atomic E-state index is 12.6. The monoisotopic (exact) mass is 280 g/mol. The number of nitro groups is 1. The lowest BCUT2D eigenvalue weighted by Crippen LogP contribution is -2.05. The van der Waals surface area contributed by atoms with Crippen LogP contribution >= 0.6 is 0 Å². The van der Waals surface area contributed by atoms with Crippen LogP contribution in [0.15, 0.2) is 35.1 Å². The number of H-pyrrole nitrogens is 1. The molecular weight excluding hydrogens is 268 g/mol. The third kappa shape index (κ3) is 1.74. The van der Waals surface area contributed by atoms with Crippen molar-refractivity contribution in [2.75, 3.05) is 0 Å². The second kappa shape index (κ2) is 4.15. The van der Waals surface area contributed by atoms with E-state index in [0.29, 0.717) is 16.3 Å². The molecule has 1 N–H and O–H groups in total. The van der Waals surface area contributed by atoms with Gasteiger partial charge in [0, 0.05) is 22.9 Å². The summed E-state index contributed by atoms with van der Waals surface area (Å²) >= 11 is 0. The second-order valence-electron chi connectivity index (χ2n) is 5.46. The van der Waals surface area contributed by atoms with Crippen molar-refractivity contribution in [3.63, 3.8) is 0 Å². The normalized spacial score (nSPS) is 13.7. The smallest absolute Gasteiger partial charge is 0.271 e. The van der Waals surface area contributed by atoms with Gasteiger partial charge in [-0.2, -0.15) is 0 Å². The molecule has 1 aliphatic rings. The van der Waals surface area contributed by atoms with Crippen molar-refractivity contribution in [2.45, 2.75) is 19.3 Å². The summed E-state index contributed by atoms with van der Waals surface area (Å²) in [5, 5.41) is 12.0. The minimum Gasteiger partial charge on any atom is -0.354 e. The number of nitro benzene ring substituents is 1. The summed E-state index contributed by atoms with van der Waals surface area (Å²) in [6.45, 7) is 0. The highest BCUT2D eigenvalue weighted by molar-refractivity contribution is 5.94. The number of fused-ring (bicyclic) bond motifs is 3. The minimum atomic E-state index is -0.454. The molecule has 2 aromatic carbocycles. The van der Waals surface area contributed by atoms with Crippen LogP contribution in [0.4, 0.5) is 5.69 Å². The Morgan fingerprint density at radius 1 is 1.00 bits per heavy atom. The Morgan fingerprint density at radius 3 is 2.48 bits per heavy atom. The maximum Gasteiger partial charge on any atom is 0.271 e. The largest absolute Gasteiger partial charge is 0.354 e. The summed E-state index contributed by atoms with van der Waals surface area (Å²) < 4.78 is 0. The second-order valence-corrected chi connectivity index (χ2v) is 5.46. The van der Waals surface area contributed by atoms with Crippen LogP contribution in [0, 0.1) is 10.1 Å². The molecule has 4 rings (SSSR count). The first kappa shape index (κ1) is 12.1. The van der Waals surface area contributed by atoms with Crippen molar-refractivity contribution in [3.05, 3.63) is 61.8 Å². The molecule has 0 radical (unpaired) electrons. The van der Waals surface area contributed by atoms with Crippen molar-refractivity contribution in [2.24, 2.45) is 0 Å². The highest BCUT2D eigenvalue weighted by Gasteiger charge is 2.15. The number of aromatic amines is 1. The number of rotatable bonds is 1. The Balaban J connectivity index is 2.10. The number of nitrogens with zero attached hydrogens (tertiary/aromatic N) is 1. The molecule has 1 aromatic heterocycles. The van der Waals surface area contributed by atoms with Crippen LogP contribution in [0.5, 0.6) is 0 Å². The van der Waals surface area contributed by atoms with Crippen LogP contribution in [0.25, 0.3) is 21.8 Å². The van der Waals surface area contributed by atoms with E-state index in [2.05, 4.69) is 4.98 Å². The predicted octanol–water partition coefficient (Wildman–Crippen LogP) is 3.08. The molecule has 0 bridgehead atoms. The van der Waals surface area contributed by atoms with E-state index in [-0.39, 0.29) is 11.1 Å². The first-order chi connectivity index (χ1) is 10.1. The van der Waals surface area contributed by atoms with Gasteiger partial charge < -0.3 is 4.98 Å². The summed E-state index contributed by atoms with van der Waals surface area (Å²) in [5.74, 6) is 0. The molecular formula is C16H12N2O3. The molecule has 0 unspecified atom stereocenters. The summed E-state index contributed by atoms with van der Waals surface area (Å²) in [7, 11) is 0. The van der Waals surface area contributed by atoms with Crippen LogP contribution in [-0.2, 0) is 12.8 Å². The first-order valence-electron chi connectivity index (χ1n) is 6.89. The molecule has 5 heteroatoms. The molecule has 0 saturated heterocycles. The summed E-state index contributed by atoms with van der Waals surface area (Å²) in [6, 6.07) is 8.30. The van der Waals surface area contributed by atoms with E-state index in [4.69, 9.17) is 0 Å². The Bertz CT molecular complexity index is 973. The highest BCUT2D eigenvalue weighted by Crippen LogP contribution is 2.27. The maximum absolute atomic E-state index is 12.6. The molecule has 0 fully saturated rings. The molecule has 5 nitrogen and oxygen atoms in total. The van der Waals surface area contributed by atoms with Gasteiger partial charge in [-0.1, -0.05) is 0 Å². The first-order valence-corrected chi connectivity index (χ1v) is 6.89. The third-order valence-corrected chi connectivity index (χ3v) is 4.20. The number of aromatic nitrogens is 1. The topological polar surface area (TPSA) is 76.0 Å². The molecule has 0 spiro atoms. The van der Waals surface area contributed by atoms with E-state index in [1.54, 1.807) is 0 Å². The van der Waals surface area contributed by atoms with Crippen molar-refractivity contribution >= 4 is 27.5 Å². The lowest BCUT2D eigenvalue weighted by molar-refractivity contribution is -0.384. The Kier molecular flexibility index (Phi) is 2.39. The number of hydrogen-bond acceptors (Lipinski definition) is 3. The fraction of sp³-hybridized carbons (Fsp3) is 0.188. The number of pyridine rings is 1. The SMILES string of the molecule is O=c1c2ccc([N+](=O)[O-])cc2[nH]c2cc3c(cc12)CCC3. The molecule has 0 amide bonds. The summed E-state index contributed by atoms with van der Waals surface area (Å²) in [4.78, 5) is 26.2. The van der Waals surface area contributed by atoms with Crippen LogP contribution in [-0.4, -0.2) is 9.91 Å². The van der Waals surface area contributed by atoms with Gasteiger partial charge in [0.1, 0.15) is 0 Å². The number of nitrogens with one attached hydrogen (secondary N) is 1. The quantitative estimate of drug-likeness (QED) is 0.423. The average molecular weight is 280 g/mol. The van der Waals surface area contributed by atoms with Gasteiger partial charge in [0.25, 0.3) is 5.69 Å². The molecule has 3 aromatic rings. The molecule has 1 heterocycles. The standard InChI is InChI=1S/C16H12N2O3/c19-16-12-5-4-11(18(20)21)8-15(12)17-14-7-10-3-1-2-9(10)6-13(14)16/h4-8H,1-3H2,(H,17,19). The number of aryl methyl sites for hydroxylation is 2. The molecule has 104 valence electrons. The van der Waals surface area contributed by atoms with Gasteiger partial charge in [0.2, 0.25) is 0 Å². The van der Waals surface area contributed by atoms with E-state index >= 15 is 0 Å². The van der Waals surface area contributed by atoms with E-state index < -0.39 is 4.92 Å². The van der Waals surface area contributed by atoms with E-state index in [0.717, 1.165) is 24.8 Å². The molecule has 0 atom stereocenters. The number of hydrogen-bond donors (Lipinski definition) is 1. The minimum absolute atomic E-state index is 0.0151. The van der Waals surface area contributed by atoms with Crippen molar-refractivity contribution in [3.8, 4) is 0 Å². The highest BCUT2D eigenvalue weighted by atomic mass is 16.6. The van der Waals surface area contributed by atoms with E-state index in [1.807, 2.05) is 12.1 Å². The van der Waals surface area contributed by atoms with Gasteiger partial charge in [0.05, 0.1) is 16.0 Å². The third-order valence-electron chi connectivity index (χ3n) is 4.20.